The second-order valence-electron chi connectivity index (χ2n) is 4.55. The Balaban J connectivity index is 2.06. The molecule has 0 amide bonds. The highest BCUT2D eigenvalue weighted by Gasteiger charge is 2.03. The van der Waals surface area contributed by atoms with E-state index in [1.165, 1.54) is 32.1 Å². The van der Waals surface area contributed by atoms with Gasteiger partial charge in [0.2, 0.25) is 0 Å². The molecule has 94 valence electrons. The van der Waals surface area contributed by atoms with Gasteiger partial charge < -0.3 is 0 Å². The van der Waals surface area contributed by atoms with Gasteiger partial charge in [-0.3, -0.25) is 9.78 Å². The van der Waals surface area contributed by atoms with E-state index in [9.17, 15) is 4.79 Å². The van der Waals surface area contributed by atoms with Gasteiger partial charge in [0.15, 0.2) is 0 Å². The van der Waals surface area contributed by atoms with Crippen LogP contribution in [-0.2, 0) is 11.2 Å². The zero-order valence-electron chi connectivity index (χ0n) is 10.8. The summed E-state index contributed by atoms with van der Waals surface area (Å²) in [5.41, 5.74) is 0.892. The van der Waals surface area contributed by atoms with Gasteiger partial charge in [-0.2, -0.15) is 0 Å². The predicted octanol–water partition coefficient (Wildman–Crippen LogP) is 3.94. The number of Topliss-reactive ketones (excluding diaryl/α,β-unsaturated/α-hetero) is 1. The molecule has 0 aliphatic heterocycles. The molecule has 2 nitrogen and oxygen atoms in total. The van der Waals surface area contributed by atoms with E-state index >= 15 is 0 Å². The molecule has 0 spiro atoms. The first kappa shape index (κ1) is 13.9. The quantitative estimate of drug-likeness (QED) is 0.605. The standard InChI is InChI=1S/C15H23NO/c1-2-3-4-5-6-7-11-15(17)13-14-10-8-9-12-16-14/h8-10,12H,2-7,11,13H2,1H3. The maximum absolute atomic E-state index is 11.7. The number of carbonyl (C=O) groups excluding carboxylic acids is 1. The number of unbranched alkanes of at least 4 members (excludes halogenated alkanes) is 5. The van der Waals surface area contributed by atoms with Crippen LogP contribution in [0.25, 0.3) is 0 Å². The van der Waals surface area contributed by atoms with E-state index in [0.29, 0.717) is 18.6 Å². The van der Waals surface area contributed by atoms with Crippen molar-refractivity contribution < 1.29 is 4.79 Å². The van der Waals surface area contributed by atoms with Gasteiger partial charge in [0, 0.05) is 24.7 Å². The molecular formula is C15H23NO. The molecule has 0 aromatic carbocycles. The molecule has 0 atom stereocenters. The minimum Gasteiger partial charge on any atom is -0.299 e. The van der Waals surface area contributed by atoms with Crippen LogP contribution in [-0.4, -0.2) is 10.8 Å². The lowest BCUT2D eigenvalue weighted by Gasteiger charge is -2.01. The van der Waals surface area contributed by atoms with E-state index in [-0.39, 0.29) is 0 Å². The monoisotopic (exact) mass is 233 g/mol. The van der Waals surface area contributed by atoms with Gasteiger partial charge in [-0.1, -0.05) is 45.1 Å². The summed E-state index contributed by atoms with van der Waals surface area (Å²) in [7, 11) is 0. The molecule has 0 fully saturated rings. The molecule has 1 aromatic heterocycles. The maximum Gasteiger partial charge on any atom is 0.138 e. The van der Waals surface area contributed by atoms with Crippen molar-refractivity contribution in [3.8, 4) is 0 Å². The average Bonchev–Trinajstić information content (AvgIpc) is 2.35. The number of hydrogen-bond donors (Lipinski definition) is 0. The van der Waals surface area contributed by atoms with Crippen LogP contribution in [0.5, 0.6) is 0 Å². The Kier molecular flexibility index (Phi) is 7.28. The van der Waals surface area contributed by atoms with E-state index in [0.717, 1.165) is 12.1 Å². The van der Waals surface area contributed by atoms with E-state index in [1.807, 2.05) is 18.2 Å². The first-order chi connectivity index (χ1) is 8.33. The second-order valence-corrected chi connectivity index (χ2v) is 4.55. The predicted molar refractivity (Wildman–Crippen MR) is 70.9 cm³/mol. The number of ketones is 1. The molecule has 0 saturated heterocycles. The van der Waals surface area contributed by atoms with Crippen LogP contribution in [0.15, 0.2) is 24.4 Å². The third-order valence-electron chi connectivity index (χ3n) is 2.91. The molecule has 1 rings (SSSR count). The van der Waals surface area contributed by atoms with Crippen molar-refractivity contribution in [2.24, 2.45) is 0 Å². The fourth-order valence-corrected chi connectivity index (χ4v) is 1.90. The Bertz CT molecular complexity index is 308. The molecule has 0 N–H and O–H groups in total. The summed E-state index contributed by atoms with van der Waals surface area (Å²) in [6, 6.07) is 5.72. The van der Waals surface area contributed by atoms with Crippen molar-refractivity contribution in [3.63, 3.8) is 0 Å². The number of carbonyl (C=O) groups is 1. The van der Waals surface area contributed by atoms with Crippen LogP contribution in [0.4, 0.5) is 0 Å². The lowest BCUT2D eigenvalue weighted by molar-refractivity contribution is -0.118. The summed E-state index contributed by atoms with van der Waals surface area (Å²) in [6.07, 6.45) is 10.4. The molecule has 17 heavy (non-hydrogen) atoms. The first-order valence-electron chi connectivity index (χ1n) is 6.74. The SMILES string of the molecule is CCCCCCCCC(=O)Cc1ccccn1. The van der Waals surface area contributed by atoms with Crippen LogP contribution in [0, 0.1) is 0 Å². The summed E-state index contributed by atoms with van der Waals surface area (Å²) >= 11 is 0. The summed E-state index contributed by atoms with van der Waals surface area (Å²) in [6.45, 7) is 2.22. The van der Waals surface area contributed by atoms with Crippen LogP contribution >= 0.6 is 0 Å². The molecule has 0 saturated carbocycles. The molecule has 0 aliphatic rings. The molecule has 1 aromatic rings. The highest BCUT2D eigenvalue weighted by molar-refractivity contribution is 5.80. The third kappa shape index (κ3) is 6.88. The molecule has 0 radical (unpaired) electrons. The number of rotatable bonds is 9. The Morgan fingerprint density at radius 2 is 1.88 bits per heavy atom. The summed E-state index contributed by atoms with van der Waals surface area (Å²) in [5, 5.41) is 0. The van der Waals surface area contributed by atoms with Gasteiger partial charge in [0.25, 0.3) is 0 Å². The van der Waals surface area contributed by atoms with Gasteiger partial charge in [-0.15, -0.1) is 0 Å². The Morgan fingerprint density at radius 1 is 1.12 bits per heavy atom. The third-order valence-corrected chi connectivity index (χ3v) is 2.91. The van der Waals surface area contributed by atoms with Crippen LogP contribution in [0.1, 0.15) is 57.6 Å². The topological polar surface area (TPSA) is 30.0 Å². The highest BCUT2D eigenvalue weighted by Crippen LogP contribution is 2.08. The molecular weight excluding hydrogens is 210 g/mol. The van der Waals surface area contributed by atoms with Crippen molar-refractivity contribution in [3.05, 3.63) is 30.1 Å². The van der Waals surface area contributed by atoms with Gasteiger partial charge >= 0.3 is 0 Å². The molecule has 0 bridgehead atoms. The molecule has 0 aliphatic carbocycles. The van der Waals surface area contributed by atoms with Gasteiger partial charge in [-0.25, -0.2) is 0 Å². The number of hydrogen-bond acceptors (Lipinski definition) is 2. The van der Waals surface area contributed by atoms with E-state index < -0.39 is 0 Å². The number of nitrogens with zero attached hydrogens (tertiary/aromatic N) is 1. The van der Waals surface area contributed by atoms with Crippen LogP contribution in [0.3, 0.4) is 0 Å². The minimum absolute atomic E-state index is 0.319. The van der Waals surface area contributed by atoms with Gasteiger partial charge in [-0.05, 0) is 18.6 Å². The first-order valence-corrected chi connectivity index (χ1v) is 6.74. The van der Waals surface area contributed by atoms with Crippen LogP contribution < -0.4 is 0 Å². The molecule has 2 heteroatoms. The normalized spacial score (nSPS) is 10.4. The van der Waals surface area contributed by atoms with Crippen molar-refractivity contribution in [2.75, 3.05) is 0 Å². The Hall–Kier alpha value is -1.18. The fourth-order valence-electron chi connectivity index (χ4n) is 1.90. The Labute approximate surface area is 104 Å². The summed E-state index contributed by atoms with van der Waals surface area (Å²) in [5.74, 6) is 0.319. The highest BCUT2D eigenvalue weighted by atomic mass is 16.1. The molecule has 0 unspecified atom stereocenters. The van der Waals surface area contributed by atoms with Crippen molar-refractivity contribution in [1.29, 1.82) is 0 Å². The number of aromatic nitrogens is 1. The largest absolute Gasteiger partial charge is 0.299 e. The molecule has 1 heterocycles. The van der Waals surface area contributed by atoms with Gasteiger partial charge in [0.1, 0.15) is 5.78 Å². The minimum atomic E-state index is 0.319. The van der Waals surface area contributed by atoms with Crippen LogP contribution in [0.2, 0.25) is 0 Å². The lowest BCUT2D eigenvalue weighted by atomic mass is 10.1. The smallest absolute Gasteiger partial charge is 0.138 e. The lowest BCUT2D eigenvalue weighted by Crippen LogP contribution is -2.03. The maximum atomic E-state index is 11.7. The van der Waals surface area contributed by atoms with E-state index in [1.54, 1.807) is 6.20 Å². The Morgan fingerprint density at radius 3 is 2.59 bits per heavy atom. The fraction of sp³-hybridized carbons (Fsp3) is 0.600. The number of pyridine rings is 1. The summed E-state index contributed by atoms with van der Waals surface area (Å²) < 4.78 is 0. The van der Waals surface area contributed by atoms with Crippen molar-refractivity contribution >= 4 is 5.78 Å². The van der Waals surface area contributed by atoms with E-state index in [4.69, 9.17) is 0 Å². The zero-order valence-corrected chi connectivity index (χ0v) is 10.8. The van der Waals surface area contributed by atoms with Crippen molar-refractivity contribution in [2.45, 2.75) is 58.3 Å². The second kappa shape index (κ2) is 8.91. The van der Waals surface area contributed by atoms with Gasteiger partial charge in [0.05, 0.1) is 0 Å². The average molecular weight is 233 g/mol. The summed E-state index contributed by atoms with van der Waals surface area (Å²) in [4.78, 5) is 15.8. The zero-order chi connectivity index (χ0) is 12.3. The van der Waals surface area contributed by atoms with Crippen molar-refractivity contribution in [1.82, 2.24) is 4.98 Å². The van der Waals surface area contributed by atoms with E-state index in [2.05, 4.69) is 11.9 Å².